The van der Waals surface area contributed by atoms with Crippen LogP contribution in [0.1, 0.15) is 29.7 Å². The van der Waals surface area contributed by atoms with Crippen molar-refractivity contribution in [1.82, 2.24) is 4.90 Å². The van der Waals surface area contributed by atoms with E-state index < -0.39 is 44.5 Å². The second-order valence-electron chi connectivity index (χ2n) is 9.06. The highest BCUT2D eigenvalue weighted by Gasteiger charge is 2.46. The van der Waals surface area contributed by atoms with Gasteiger partial charge in [-0.3, -0.25) is 15.0 Å². The lowest BCUT2D eigenvalue weighted by Crippen LogP contribution is -2.53. The van der Waals surface area contributed by atoms with E-state index in [1.807, 2.05) is 12.1 Å². The molecule has 42 heavy (non-hydrogen) atoms. The Balaban J connectivity index is 1.96. The largest absolute Gasteiger partial charge is 0.424 e. The molecule has 1 heterocycles. The molecule has 0 unspecified atom stereocenters. The molecule has 0 radical (unpaired) electrons. The van der Waals surface area contributed by atoms with Crippen LogP contribution in [0.3, 0.4) is 0 Å². The van der Waals surface area contributed by atoms with E-state index in [1.54, 1.807) is 0 Å². The Morgan fingerprint density at radius 3 is 2.36 bits per heavy atom. The molecule has 12 nitrogen and oxygen atoms in total. The summed E-state index contributed by atoms with van der Waals surface area (Å²) >= 11 is 0. The zero-order valence-electron chi connectivity index (χ0n) is 22.0. The molecule has 212 valence electrons. The van der Waals surface area contributed by atoms with E-state index in [-0.39, 0.29) is 45.1 Å². The van der Waals surface area contributed by atoms with Gasteiger partial charge >= 0.3 is 12.1 Å². The number of nitro benzene ring substituents is 1. The minimum atomic E-state index is -4.07. The number of rotatable bonds is 6. The maximum Gasteiger partial charge on any atom is 0.424 e. The molecule has 0 spiro atoms. The summed E-state index contributed by atoms with van der Waals surface area (Å²) in [5.41, 5.74) is -0.317. The maximum atomic E-state index is 14.1. The van der Waals surface area contributed by atoms with Crippen molar-refractivity contribution in [3.8, 4) is 17.9 Å². The standard InChI is InChI=1S/C28H20FN5O7S/c1-17-24(16-31)26(23-11-6-19(15-30)13-25(23)42(2,39)40)33(27(35)32(17)21-5-3-4-18(12-21)14-29)28(36)41-22-9-7-20(8-10-22)34(37)38/h3-13,26H,14H2,1-2H3/t26-/m1/s1. The van der Waals surface area contributed by atoms with Gasteiger partial charge in [-0.1, -0.05) is 18.2 Å². The number of alkyl halides is 1. The molecule has 0 fully saturated rings. The number of amides is 3. The molecule has 14 heteroatoms. The molecule has 0 saturated carbocycles. The molecule has 0 bridgehead atoms. The van der Waals surface area contributed by atoms with Crippen molar-refractivity contribution in [3.05, 3.63) is 105 Å². The molecular formula is C28H20FN5O7S. The normalized spacial score (nSPS) is 15.2. The summed E-state index contributed by atoms with van der Waals surface area (Å²) in [4.78, 5) is 39.2. The van der Waals surface area contributed by atoms with Gasteiger partial charge in [0, 0.05) is 24.1 Å². The number of imide groups is 1. The van der Waals surface area contributed by atoms with Crippen molar-refractivity contribution in [1.29, 1.82) is 10.5 Å². The van der Waals surface area contributed by atoms with Crippen LogP contribution in [0.5, 0.6) is 5.75 Å². The number of benzene rings is 3. The molecular weight excluding hydrogens is 569 g/mol. The fourth-order valence-electron chi connectivity index (χ4n) is 4.45. The van der Waals surface area contributed by atoms with E-state index in [0.29, 0.717) is 4.90 Å². The van der Waals surface area contributed by atoms with Gasteiger partial charge < -0.3 is 4.74 Å². The predicted molar refractivity (Wildman–Crippen MR) is 145 cm³/mol. The van der Waals surface area contributed by atoms with Gasteiger partial charge in [0.25, 0.3) is 5.69 Å². The third kappa shape index (κ3) is 5.52. The molecule has 0 saturated heterocycles. The molecule has 3 amide bonds. The number of hydrogen-bond acceptors (Lipinski definition) is 9. The Bertz CT molecular complexity index is 1840. The summed E-state index contributed by atoms with van der Waals surface area (Å²) in [6.07, 6.45) is -0.469. The van der Waals surface area contributed by atoms with Crippen LogP contribution in [0.4, 0.5) is 25.4 Å². The lowest BCUT2D eigenvalue weighted by molar-refractivity contribution is -0.384. The summed E-state index contributed by atoms with van der Waals surface area (Å²) < 4.78 is 44.4. The predicted octanol–water partition coefficient (Wildman–Crippen LogP) is 5.32. The minimum Gasteiger partial charge on any atom is -0.410 e. The van der Waals surface area contributed by atoms with Crippen molar-refractivity contribution >= 4 is 33.3 Å². The number of nitriles is 2. The first-order valence-corrected chi connectivity index (χ1v) is 13.9. The second-order valence-corrected chi connectivity index (χ2v) is 11.0. The number of halogens is 1. The molecule has 3 aromatic rings. The summed E-state index contributed by atoms with van der Waals surface area (Å²) in [6.45, 7) is 0.551. The van der Waals surface area contributed by atoms with Gasteiger partial charge in [-0.15, -0.1) is 0 Å². The van der Waals surface area contributed by atoms with Gasteiger partial charge in [0.1, 0.15) is 18.5 Å². The Morgan fingerprint density at radius 1 is 1.10 bits per heavy atom. The average Bonchev–Trinajstić information content (AvgIpc) is 2.96. The number of hydrogen-bond donors (Lipinski definition) is 0. The Morgan fingerprint density at radius 2 is 1.79 bits per heavy atom. The molecule has 0 aromatic heterocycles. The topological polar surface area (TPSA) is 175 Å². The fourth-order valence-corrected chi connectivity index (χ4v) is 5.40. The molecule has 1 atom stereocenters. The number of urea groups is 1. The number of sulfone groups is 1. The monoisotopic (exact) mass is 589 g/mol. The number of ether oxygens (including phenoxy) is 1. The smallest absolute Gasteiger partial charge is 0.410 e. The Hall–Kier alpha value is -5.60. The van der Waals surface area contributed by atoms with Crippen LogP contribution in [0, 0.1) is 32.8 Å². The third-order valence-electron chi connectivity index (χ3n) is 6.38. The summed E-state index contributed by atoms with van der Waals surface area (Å²) in [7, 11) is -4.07. The van der Waals surface area contributed by atoms with E-state index in [0.717, 1.165) is 41.5 Å². The van der Waals surface area contributed by atoms with Crippen LogP contribution in [-0.4, -0.2) is 36.6 Å². The number of non-ortho nitro benzene ring substituents is 1. The number of allylic oxidation sites excluding steroid dienone is 1. The van der Waals surface area contributed by atoms with Gasteiger partial charge in [0.05, 0.1) is 38.8 Å². The van der Waals surface area contributed by atoms with Crippen LogP contribution in [0.25, 0.3) is 0 Å². The first-order valence-electron chi connectivity index (χ1n) is 12.0. The van der Waals surface area contributed by atoms with Crippen LogP contribution in [-0.2, 0) is 16.5 Å². The first-order chi connectivity index (χ1) is 19.9. The van der Waals surface area contributed by atoms with Gasteiger partial charge in [-0.25, -0.2) is 27.3 Å². The summed E-state index contributed by atoms with van der Waals surface area (Å²) in [5, 5.41) is 30.6. The van der Waals surface area contributed by atoms with Crippen molar-refractivity contribution in [2.45, 2.75) is 24.5 Å². The summed E-state index contributed by atoms with van der Waals surface area (Å²) in [5.74, 6) is -0.184. The highest BCUT2D eigenvalue weighted by atomic mass is 32.2. The second kappa shape index (κ2) is 11.5. The first kappa shape index (κ1) is 29.4. The number of nitrogens with zero attached hydrogens (tertiary/aromatic N) is 5. The van der Waals surface area contributed by atoms with Gasteiger partial charge in [-0.2, -0.15) is 10.5 Å². The van der Waals surface area contributed by atoms with E-state index in [2.05, 4.69) is 0 Å². The molecule has 4 rings (SSSR count). The minimum absolute atomic E-state index is 0.0230. The zero-order chi connectivity index (χ0) is 30.8. The fraction of sp³-hybridized carbons (Fsp3) is 0.143. The van der Waals surface area contributed by atoms with Crippen molar-refractivity contribution in [2.24, 2.45) is 0 Å². The Kier molecular flexibility index (Phi) is 8.03. The van der Waals surface area contributed by atoms with Crippen LogP contribution in [0.2, 0.25) is 0 Å². The number of anilines is 1. The molecule has 3 aromatic carbocycles. The van der Waals surface area contributed by atoms with Crippen molar-refractivity contribution in [3.63, 3.8) is 0 Å². The van der Waals surface area contributed by atoms with E-state index in [4.69, 9.17) is 4.74 Å². The SMILES string of the molecule is CC1=C(C#N)[C@@H](c2ccc(C#N)cc2S(C)(=O)=O)N(C(=O)Oc2ccc([N+](=O)[O-])cc2)C(=O)N1c1cccc(CF)c1. The Labute approximate surface area is 239 Å². The molecule has 1 aliphatic heterocycles. The number of nitro groups is 1. The van der Waals surface area contributed by atoms with Crippen LogP contribution in [0.15, 0.2) is 82.9 Å². The lowest BCUT2D eigenvalue weighted by Gasteiger charge is -2.40. The summed E-state index contributed by atoms with van der Waals surface area (Å²) in [6, 6.07) is 14.8. The molecule has 0 N–H and O–H groups in total. The number of carbonyl (C=O) groups excluding carboxylic acids is 2. The average molecular weight is 590 g/mol. The zero-order valence-corrected chi connectivity index (χ0v) is 22.8. The van der Waals surface area contributed by atoms with Gasteiger partial charge in [0.2, 0.25) is 0 Å². The number of carbonyl (C=O) groups is 2. The third-order valence-corrected chi connectivity index (χ3v) is 7.54. The highest BCUT2D eigenvalue weighted by Crippen LogP contribution is 2.42. The quantitative estimate of drug-likeness (QED) is 0.272. The highest BCUT2D eigenvalue weighted by molar-refractivity contribution is 7.90. The van der Waals surface area contributed by atoms with E-state index in [1.165, 1.54) is 43.3 Å². The van der Waals surface area contributed by atoms with Gasteiger partial charge in [0.15, 0.2) is 9.84 Å². The lowest BCUT2D eigenvalue weighted by atomic mass is 9.93. The van der Waals surface area contributed by atoms with Crippen LogP contribution < -0.4 is 9.64 Å². The van der Waals surface area contributed by atoms with Crippen LogP contribution >= 0.6 is 0 Å². The van der Waals surface area contributed by atoms with Crippen molar-refractivity contribution in [2.75, 3.05) is 11.2 Å². The van der Waals surface area contributed by atoms with E-state index >= 15 is 0 Å². The van der Waals surface area contributed by atoms with Crippen molar-refractivity contribution < 1.29 is 32.1 Å². The molecule has 0 aliphatic carbocycles. The molecule has 1 aliphatic rings. The van der Waals surface area contributed by atoms with Gasteiger partial charge in [-0.05, 0) is 54.4 Å². The van der Waals surface area contributed by atoms with E-state index in [9.17, 15) is 43.0 Å². The maximum absolute atomic E-state index is 14.1.